The van der Waals surface area contributed by atoms with Crippen molar-refractivity contribution in [2.45, 2.75) is 71.8 Å². The van der Waals surface area contributed by atoms with Crippen LogP contribution >= 0.6 is 0 Å². The first-order chi connectivity index (χ1) is 8.92. The average Bonchev–Trinajstić information content (AvgIpc) is 2.69. The Morgan fingerprint density at radius 3 is 2.74 bits per heavy atom. The van der Waals surface area contributed by atoms with E-state index in [0.717, 1.165) is 25.2 Å². The normalized spacial score (nSPS) is 21.5. The summed E-state index contributed by atoms with van der Waals surface area (Å²) in [7, 11) is 0. The zero-order valence-corrected chi connectivity index (χ0v) is 12.8. The Morgan fingerprint density at radius 2 is 2.11 bits per heavy atom. The molecule has 1 heterocycles. The molecule has 0 aromatic heterocycles. The lowest BCUT2D eigenvalue weighted by atomic mass is 9.97. The van der Waals surface area contributed by atoms with Gasteiger partial charge in [-0.25, -0.2) is 4.79 Å². The van der Waals surface area contributed by atoms with Crippen molar-refractivity contribution < 1.29 is 14.3 Å². The molecule has 0 aromatic carbocycles. The number of hydrogen-bond donors (Lipinski definition) is 0. The highest BCUT2D eigenvalue weighted by molar-refractivity contribution is 5.82. The Morgan fingerprint density at radius 1 is 1.37 bits per heavy atom. The van der Waals surface area contributed by atoms with Crippen LogP contribution in [-0.4, -0.2) is 18.2 Å². The molecule has 0 radical (unpaired) electrons. The minimum atomic E-state index is -0.441. The van der Waals surface area contributed by atoms with Crippen molar-refractivity contribution in [1.29, 1.82) is 0 Å². The van der Waals surface area contributed by atoms with Crippen LogP contribution in [0.15, 0.2) is 11.8 Å². The van der Waals surface area contributed by atoms with Gasteiger partial charge in [0.1, 0.15) is 11.4 Å². The van der Waals surface area contributed by atoms with E-state index in [1.807, 2.05) is 20.8 Å². The van der Waals surface area contributed by atoms with Gasteiger partial charge in [0.05, 0.1) is 12.7 Å². The van der Waals surface area contributed by atoms with Crippen LogP contribution in [0.1, 0.15) is 66.2 Å². The van der Waals surface area contributed by atoms with E-state index >= 15 is 0 Å². The fraction of sp³-hybridized carbons (Fsp3) is 0.812. The van der Waals surface area contributed by atoms with Crippen molar-refractivity contribution in [3.05, 3.63) is 11.8 Å². The van der Waals surface area contributed by atoms with Crippen LogP contribution < -0.4 is 0 Å². The maximum Gasteiger partial charge on any atom is 0.334 e. The number of hydrogen-bond acceptors (Lipinski definition) is 3. The van der Waals surface area contributed by atoms with Gasteiger partial charge in [-0.05, 0) is 33.6 Å². The van der Waals surface area contributed by atoms with E-state index in [9.17, 15) is 4.79 Å². The quantitative estimate of drug-likeness (QED) is 0.411. The van der Waals surface area contributed by atoms with Crippen LogP contribution in [0.2, 0.25) is 0 Å². The second kappa shape index (κ2) is 7.56. The first-order valence-corrected chi connectivity index (χ1v) is 7.49. The molecular formula is C16H28O3. The summed E-state index contributed by atoms with van der Waals surface area (Å²) >= 11 is 0. The Balaban J connectivity index is 2.44. The highest BCUT2D eigenvalue weighted by Crippen LogP contribution is 2.29. The van der Waals surface area contributed by atoms with E-state index in [2.05, 4.69) is 6.92 Å². The first kappa shape index (κ1) is 16.1. The molecule has 1 aliphatic heterocycles. The van der Waals surface area contributed by atoms with Gasteiger partial charge in [0, 0.05) is 5.92 Å². The zero-order valence-electron chi connectivity index (χ0n) is 12.8. The molecule has 1 aliphatic rings. The molecule has 3 nitrogen and oxygen atoms in total. The third-order valence-corrected chi connectivity index (χ3v) is 3.21. The Hall–Kier alpha value is -0.990. The van der Waals surface area contributed by atoms with Gasteiger partial charge in [-0.15, -0.1) is 0 Å². The SMILES string of the molecule is CCCCCCC1CCO/C1=C\C(=O)OC(C)(C)C. The molecule has 0 saturated carbocycles. The lowest BCUT2D eigenvalue weighted by Crippen LogP contribution is -2.23. The molecular weight excluding hydrogens is 240 g/mol. The van der Waals surface area contributed by atoms with Gasteiger partial charge < -0.3 is 9.47 Å². The summed E-state index contributed by atoms with van der Waals surface area (Å²) in [6, 6.07) is 0. The van der Waals surface area contributed by atoms with Crippen molar-refractivity contribution in [2.75, 3.05) is 6.61 Å². The number of carbonyl (C=O) groups is 1. The van der Waals surface area contributed by atoms with E-state index in [1.165, 1.54) is 25.7 Å². The molecule has 1 fully saturated rings. The Bertz CT molecular complexity index is 312. The van der Waals surface area contributed by atoms with E-state index in [4.69, 9.17) is 9.47 Å². The zero-order chi connectivity index (χ0) is 14.3. The summed E-state index contributed by atoms with van der Waals surface area (Å²) in [6.07, 6.45) is 8.72. The second-order valence-electron chi connectivity index (χ2n) is 6.26. The molecule has 110 valence electrons. The van der Waals surface area contributed by atoms with Crippen LogP contribution in [0, 0.1) is 5.92 Å². The van der Waals surface area contributed by atoms with E-state index in [0.29, 0.717) is 5.92 Å². The number of esters is 1. The van der Waals surface area contributed by atoms with Crippen molar-refractivity contribution in [3.8, 4) is 0 Å². The predicted octanol–water partition coefficient (Wildman–Crippen LogP) is 4.22. The molecule has 1 saturated heterocycles. The fourth-order valence-corrected chi connectivity index (χ4v) is 2.29. The summed E-state index contributed by atoms with van der Waals surface area (Å²) in [5.41, 5.74) is -0.441. The second-order valence-corrected chi connectivity index (χ2v) is 6.26. The molecule has 1 rings (SSSR count). The van der Waals surface area contributed by atoms with Crippen molar-refractivity contribution >= 4 is 5.97 Å². The summed E-state index contributed by atoms with van der Waals surface area (Å²) in [6.45, 7) is 8.57. The lowest BCUT2D eigenvalue weighted by Gasteiger charge is -2.18. The molecule has 1 unspecified atom stereocenters. The molecule has 3 heteroatoms. The number of allylic oxidation sites excluding steroid dienone is 1. The van der Waals surface area contributed by atoms with Gasteiger partial charge in [-0.1, -0.05) is 32.6 Å². The molecule has 0 bridgehead atoms. The van der Waals surface area contributed by atoms with Gasteiger partial charge in [-0.3, -0.25) is 0 Å². The standard InChI is InChI=1S/C16H28O3/c1-5-6-7-8-9-13-10-11-18-14(13)12-15(17)19-16(2,3)4/h12-13H,5-11H2,1-4H3/b14-12-. The van der Waals surface area contributed by atoms with Gasteiger partial charge in [0.15, 0.2) is 0 Å². The van der Waals surface area contributed by atoms with Crippen molar-refractivity contribution in [3.63, 3.8) is 0 Å². The van der Waals surface area contributed by atoms with Crippen LogP contribution in [-0.2, 0) is 14.3 Å². The van der Waals surface area contributed by atoms with Gasteiger partial charge >= 0.3 is 5.97 Å². The van der Waals surface area contributed by atoms with Crippen molar-refractivity contribution in [2.24, 2.45) is 5.92 Å². The molecule has 0 amide bonds. The van der Waals surface area contributed by atoms with Gasteiger partial charge in [-0.2, -0.15) is 0 Å². The third kappa shape index (κ3) is 6.65. The van der Waals surface area contributed by atoms with Crippen LogP contribution in [0.3, 0.4) is 0 Å². The molecule has 19 heavy (non-hydrogen) atoms. The number of rotatable bonds is 6. The fourth-order valence-electron chi connectivity index (χ4n) is 2.29. The van der Waals surface area contributed by atoms with Crippen LogP contribution in [0.4, 0.5) is 0 Å². The summed E-state index contributed by atoms with van der Waals surface area (Å²) in [5, 5.41) is 0. The molecule has 0 aliphatic carbocycles. The maximum absolute atomic E-state index is 11.8. The van der Waals surface area contributed by atoms with E-state index in [1.54, 1.807) is 6.08 Å². The highest BCUT2D eigenvalue weighted by Gasteiger charge is 2.24. The topological polar surface area (TPSA) is 35.5 Å². The summed E-state index contributed by atoms with van der Waals surface area (Å²) in [5.74, 6) is 0.943. The highest BCUT2D eigenvalue weighted by atomic mass is 16.6. The van der Waals surface area contributed by atoms with E-state index in [-0.39, 0.29) is 5.97 Å². The molecule has 1 atom stereocenters. The first-order valence-electron chi connectivity index (χ1n) is 7.49. The predicted molar refractivity (Wildman–Crippen MR) is 76.7 cm³/mol. The minimum absolute atomic E-state index is 0.289. The van der Waals surface area contributed by atoms with Gasteiger partial charge in [0.2, 0.25) is 0 Å². The maximum atomic E-state index is 11.8. The smallest absolute Gasteiger partial charge is 0.334 e. The number of carbonyl (C=O) groups excluding carboxylic acids is 1. The Labute approximate surface area is 117 Å². The minimum Gasteiger partial charge on any atom is -0.497 e. The van der Waals surface area contributed by atoms with E-state index < -0.39 is 5.60 Å². The molecule has 0 N–H and O–H groups in total. The number of unbranched alkanes of at least 4 members (excludes halogenated alkanes) is 3. The number of ether oxygens (including phenoxy) is 2. The van der Waals surface area contributed by atoms with Crippen LogP contribution in [0.25, 0.3) is 0 Å². The Kier molecular flexibility index (Phi) is 6.40. The average molecular weight is 268 g/mol. The largest absolute Gasteiger partial charge is 0.497 e. The summed E-state index contributed by atoms with van der Waals surface area (Å²) in [4.78, 5) is 11.8. The molecule has 0 spiro atoms. The van der Waals surface area contributed by atoms with Crippen molar-refractivity contribution in [1.82, 2.24) is 0 Å². The summed E-state index contributed by atoms with van der Waals surface area (Å²) < 4.78 is 10.9. The van der Waals surface area contributed by atoms with Gasteiger partial charge in [0.25, 0.3) is 0 Å². The monoisotopic (exact) mass is 268 g/mol. The molecule has 0 aromatic rings. The third-order valence-electron chi connectivity index (χ3n) is 3.21. The van der Waals surface area contributed by atoms with Crippen LogP contribution in [0.5, 0.6) is 0 Å². The lowest BCUT2D eigenvalue weighted by molar-refractivity contribution is -0.148.